The van der Waals surface area contributed by atoms with Crippen molar-refractivity contribution in [1.82, 2.24) is 10.2 Å². The van der Waals surface area contributed by atoms with Gasteiger partial charge >= 0.3 is 6.09 Å². The number of carbonyl (C=O) groups is 1. The Morgan fingerprint density at radius 3 is 2.60 bits per heavy atom. The zero-order chi connectivity index (χ0) is 25.4. The minimum atomic E-state index is -0.836. The fourth-order valence-corrected chi connectivity index (χ4v) is 6.67. The highest BCUT2D eigenvalue weighted by molar-refractivity contribution is 5.67. The van der Waals surface area contributed by atoms with Gasteiger partial charge in [-0.15, -0.1) is 0 Å². The molecule has 1 aromatic carbocycles. The Hall–Kier alpha value is -2.13. The minimum Gasteiger partial charge on any atom is -0.453 e. The number of methoxy groups -OCH3 is 1. The van der Waals surface area contributed by atoms with E-state index in [0.717, 1.165) is 63.2 Å². The first-order chi connectivity index (χ1) is 16.9. The van der Waals surface area contributed by atoms with E-state index in [9.17, 15) is 14.4 Å². The van der Waals surface area contributed by atoms with Crippen molar-refractivity contribution in [2.75, 3.05) is 26.7 Å². The van der Waals surface area contributed by atoms with Crippen LogP contribution in [0.2, 0.25) is 0 Å². The van der Waals surface area contributed by atoms with Crippen LogP contribution in [0, 0.1) is 40.8 Å². The first kappa shape index (κ1) is 27.5. The Kier molecular flexibility index (Phi) is 9.98. The first-order valence-electron chi connectivity index (χ1n) is 13.6. The summed E-state index contributed by atoms with van der Waals surface area (Å²) in [6.45, 7) is 9.93. The third-order valence-electron chi connectivity index (χ3n) is 8.83. The number of nitrogens with one attached hydrogen (secondary N) is 1. The summed E-state index contributed by atoms with van der Waals surface area (Å²) in [5.41, 5.74) is -0.0812. The van der Waals surface area contributed by atoms with Gasteiger partial charge in [0.25, 0.3) is 0 Å². The number of benzene rings is 1. The zero-order valence-corrected chi connectivity index (χ0v) is 22.1. The number of hydrogen-bond acceptors (Lipinski definition) is 4. The van der Waals surface area contributed by atoms with Crippen LogP contribution in [0.1, 0.15) is 77.7 Å². The summed E-state index contributed by atoms with van der Waals surface area (Å²) in [7, 11) is 1.37. The van der Waals surface area contributed by atoms with E-state index in [0.29, 0.717) is 5.92 Å². The van der Waals surface area contributed by atoms with Crippen LogP contribution in [-0.4, -0.2) is 43.8 Å². The van der Waals surface area contributed by atoms with Crippen molar-refractivity contribution in [3.05, 3.63) is 35.6 Å². The summed E-state index contributed by atoms with van der Waals surface area (Å²) in [6, 6.07) is 9.17. The average Bonchev–Trinajstić information content (AvgIpc) is 3.33. The molecule has 5 atom stereocenters. The molecule has 194 valence electrons. The Bertz CT molecular complexity index is 864. The van der Waals surface area contributed by atoms with Gasteiger partial charge < -0.3 is 15.0 Å². The van der Waals surface area contributed by atoms with Gasteiger partial charge in [-0.2, -0.15) is 5.26 Å². The van der Waals surface area contributed by atoms with Gasteiger partial charge in [-0.1, -0.05) is 52.2 Å². The van der Waals surface area contributed by atoms with Crippen molar-refractivity contribution in [2.45, 2.75) is 83.6 Å². The number of amides is 1. The first-order valence-corrected chi connectivity index (χ1v) is 13.6. The average molecular weight is 486 g/mol. The van der Waals surface area contributed by atoms with E-state index in [-0.39, 0.29) is 23.7 Å². The number of likely N-dealkylation sites (tertiary alicyclic amines) is 1. The van der Waals surface area contributed by atoms with E-state index in [4.69, 9.17) is 4.74 Å². The van der Waals surface area contributed by atoms with E-state index in [1.54, 1.807) is 12.1 Å². The normalized spacial score (nSPS) is 24.8. The number of carbonyl (C=O) groups excluding carboxylic acids is 1. The maximum Gasteiger partial charge on any atom is 0.407 e. The van der Waals surface area contributed by atoms with Crippen molar-refractivity contribution in [2.24, 2.45) is 23.7 Å². The molecular weight excluding hydrogens is 441 g/mol. The molecule has 5 unspecified atom stereocenters. The summed E-state index contributed by atoms with van der Waals surface area (Å²) >= 11 is 0. The van der Waals surface area contributed by atoms with Crippen LogP contribution in [-0.2, 0) is 10.2 Å². The SMILES string of the molecule is CCC(C)CC(CC)CN1CCC(C(C#N)(c2cccc(F)c2)C2CCCC2NC(=O)OC)CC1. The molecule has 0 radical (unpaired) electrons. The van der Waals surface area contributed by atoms with Gasteiger partial charge in [-0.25, -0.2) is 9.18 Å². The zero-order valence-electron chi connectivity index (χ0n) is 22.1. The summed E-state index contributed by atoms with van der Waals surface area (Å²) in [6.07, 6.45) is 7.62. The summed E-state index contributed by atoms with van der Waals surface area (Å²) < 4.78 is 19.3. The molecule has 0 aromatic heterocycles. The van der Waals surface area contributed by atoms with Gasteiger partial charge in [0.1, 0.15) is 5.82 Å². The van der Waals surface area contributed by atoms with E-state index in [1.165, 1.54) is 32.4 Å². The predicted molar refractivity (Wildman–Crippen MR) is 137 cm³/mol. The number of alkyl carbamates (subject to hydrolysis) is 1. The lowest BCUT2D eigenvalue weighted by atomic mass is 9.59. The number of piperidine rings is 1. The van der Waals surface area contributed by atoms with Crippen LogP contribution in [0.25, 0.3) is 0 Å². The summed E-state index contributed by atoms with van der Waals surface area (Å²) in [5.74, 6) is 1.18. The maximum absolute atomic E-state index is 14.4. The molecule has 1 saturated carbocycles. The van der Waals surface area contributed by atoms with E-state index in [2.05, 4.69) is 37.1 Å². The van der Waals surface area contributed by atoms with Gasteiger partial charge in [0, 0.05) is 18.5 Å². The Morgan fingerprint density at radius 2 is 2.00 bits per heavy atom. The lowest BCUT2D eigenvalue weighted by Crippen LogP contribution is -2.52. The molecule has 1 aliphatic heterocycles. The number of nitrogens with zero attached hydrogens (tertiary/aromatic N) is 2. The van der Waals surface area contributed by atoms with Crippen LogP contribution in [0.3, 0.4) is 0 Å². The smallest absolute Gasteiger partial charge is 0.407 e. The largest absolute Gasteiger partial charge is 0.453 e. The molecular formula is C29H44FN3O2. The second-order valence-corrected chi connectivity index (χ2v) is 10.9. The van der Waals surface area contributed by atoms with E-state index >= 15 is 0 Å². The molecule has 1 aromatic rings. The molecule has 2 aliphatic rings. The van der Waals surface area contributed by atoms with Gasteiger partial charge in [0.05, 0.1) is 18.6 Å². The summed E-state index contributed by atoms with van der Waals surface area (Å²) in [4.78, 5) is 14.7. The number of nitriles is 1. The summed E-state index contributed by atoms with van der Waals surface area (Å²) in [5, 5.41) is 13.8. The van der Waals surface area contributed by atoms with Gasteiger partial charge in [-0.05, 0) is 80.6 Å². The molecule has 35 heavy (non-hydrogen) atoms. The molecule has 0 spiro atoms. The highest BCUT2D eigenvalue weighted by atomic mass is 19.1. The van der Waals surface area contributed by atoms with Crippen molar-refractivity contribution in [3.8, 4) is 6.07 Å². The van der Waals surface area contributed by atoms with Crippen LogP contribution >= 0.6 is 0 Å². The molecule has 3 rings (SSSR count). The fourth-order valence-electron chi connectivity index (χ4n) is 6.67. The standard InChI is InChI=1S/C29H44FN3O2/c1-5-21(3)17-22(6-2)19-33-15-13-23(14-16-33)29(20-31,24-9-7-10-25(30)18-24)26-11-8-12-27(26)32-28(34)35-4/h7,9-10,18,21-23,26-27H,5-6,8,11-17,19H2,1-4H3,(H,32,34). The third-order valence-corrected chi connectivity index (χ3v) is 8.83. The lowest BCUT2D eigenvalue weighted by molar-refractivity contribution is 0.0938. The van der Waals surface area contributed by atoms with Crippen molar-refractivity contribution in [3.63, 3.8) is 0 Å². The monoisotopic (exact) mass is 485 g/mol. The molecule has 1 saturated heterocycles. The number of ether oxygens (including phenoxy) is 1. The van der Waals surface area contributed by atoms with E-state index < -0.39 is 11.5 Å². The Labute approximate surface area is 211 Å². The quantitative estimate of drug-likeness (QED) is 0.423. The molecule has 1 heterocycles. The molecule has 1 aliphatic carbocycles. The highest BCUT2D eigenvalue weighted by Crippen LogP contribution is 2.50. The second kappa shape index (κ2) is 12.7. The lowest BCUT2D eigenvalue weighted by Gasteiger charge is -2.46. The topological polar surface area (TPSA) is 65.4 Å². The van der Waals surface area contributed by atoms with Crippen molar-refractivity contribution < 1.29 is 13.9 Å². The molecule has 6 heteroatoms. The molecule has 0 bridgehead atoms. The molecule has 1 N–H and O–H groups in total. The Morgan fingerprint density at radius 1 is 1.26 bits per heavy atom. The maximum atomic E-state index is 14.4. The molecule has 1 amide bonds. The van der Waals surface area contributed by atoms with Crippen LogP contribution in [0.5, 0.6) is 0 Å². The van der Waals surface area contributed by atoms with Crippen LogP contribution < -0.4 is 5.32 Å². The third kappa shape index (κ3) is 6.36. The highest BCUT2D eigenvalue weighted by Gasteiger charge is 2.52. The van der Waals surface area contributed by atoms with Gasteiger partial charge in [0.15, 0.2) is 0 Å². The Balaban J connectivity index is 1.83. The number of halogens is 1. The predicted octanol–water partition coefficient (Wildman–Crippen LogP) is 6.29. The fraction of sp³-hybridized carbons (Fsp3) is 0.724. The van der Waals surface area contributed by atoms with E-state index in [1.807, 2.05) is 6.07 Å². The van der Waals surface area contributed by atoms with Crippen molar-refractivity contribution >= 4 is 6.09 Å². The van der Waals surface area contributed by atoms with Crippen LogP contribution in [0.15, 0.2) is 24.3 Å². The minimum absolute atomic E-state index is 0.0706. The molecule has 2 fully saturated rings. The van der Waals surface area contributed by atoms with Gasteiger partial charge in [-0.3, -0.25) is 0 Å². The van der Waals surface area contributed by atoms with Crippen LogP contribution in [0.4, 0.5) is 9.18 Å². The number of hydrogen-bond donors (Lipinski definition) is 1. The second-order valence-electron chi connectivity index (χ2n) is 10.9. The molecule has 5 nitrogen and oxygen atoms in total. The number of rotatable bonds is 10. The van der Waals surface area contributed by atoms with Crippen molar-refractivity contribution in [1.29, 1.82) is 5.26 Å². The van der Waals surface area contributed by atoms with Gasteiger partial charge in [0.2, 0.25) is 0 Å².